The van der Waals surface area contributed by atoms with E-state index >= 15 is 0 Å². The van der Waals surface area contributed by atoms with Crippen molar-refractivity contribution in [3.8, 4) is 0 Å². The van der Waals surface area contributed by atoms with Crippen LogP contribution in [-0.4, -0.2) is 30.6 Å². The number of carbonyl (C=O) groups excluding carboxylic acids is 2. The molecule has 26 heavy (non-hydrogen) atoms. The fraction of sp³-hybridized carbons (Fsp3) is 0.826. The Bertz CT molecular complexity index is 678. The van der Waals surface area contributed by atoms with E-state index in [4.69, 9.17) is 0 Å². The molecule has 3 fully saturated rings. The van der Waals surface area contributed by atoms with Gasteiger partial charge in [0, 0.05) is 26.4 Å². The van der Waals surface area contributed by atoms with Crippen molar-refractivity contribution in [2.45, 2.75) is 72.1 Å². The average Bonchev–Trinajstić information content (AvgIpc) is 2.92. The molecule has 0 aromatic heterocycles. The van der Waals surface area contributed by atoms with E-state index in [2.05, 4.69) is 18.7 Å². The average molecular weight is 358 g/mol. The van der Waals surface area contributed by atoms with Gasteiger partial charge in [-0.2, -0.15) is 0 Å². The van der Waals surface area contributed by atoms with Gasteiger partial charge in [-0.15, -0.1) is 0 Å². The molecule has 3 nitrogen and oxygen atoms in total. The van der Waals surface area contributed by atoms with E-state index in [9.17, 15) is 9.59 Å². The summed E-state index contributed by atoms with van der Waals surface area (Å²) < 4.78 is 0. The minimum atomic E-state index is 0.187. The van der Waals surface area contributed by atoms with Crippen LogP contribution in [0.5, 0.6) is 0 Å². The molecule has 144 valence electrons. The van der Waals surface area contributed by atoms with Gasteiger partial charge >= 0.3 is 0 Å². The number of hydrogen-bond donors (Lipinski definition) is 0. The number of Topliss-reactive ketones (excluding diaryl/α,β-unsaturated/α-hetero) is 2. The molecule has 0 spiro atoms. The van der Waals surface area contributed by atoms with Crippen LogP contribution in [0.4, 0.5) is 0 Å². The zero-order valence-corrected chi connectivity index (χ0v) is 17.2. The smallest absolute Gasteiger partial charge is 0.178 e. The molecule has 4 rings (SSSR count). The number of likely N-dealkylation sites (N-methyl/N-ethyl adjacent to an activating group) is 1. The molecular formula is C23H35NO2. The standard InChI is InChI=1S/C23H35NO2/c1-14(25)16-8-9-17-15-6-7-19-21(24(4)5)20(26)11-13-23(19,3)18(15)10-12-22(16,17)2/h15-18H,6-13H2,1-5H3. The topological polar surface area (TPSA) is 37.4 Å². The Balaban J connectivity index is 1.71. The zero-order chi connectivity index (χ0) is 18.9. The number of carbonyl (C=O) groups is 2. The van der Waals surface area contributed by atoms with Gasteiger partial charge in [0.05, 0.1) is 5.70 Å². The molecular weight excluding hydrogens is 322 g/mol. The third kappa shape index (κ3) is 2.31. The number of hydrogen-bond acceptors (Lipinski definition) is 3. The van der Waals surface area contributed by atoms with E-state index in [1.807, 2.05) is 21.0 Å². The highest BCUT2D eigenvalue weighted by Gasteiger charge is 2.60. The predicted octanol–water partition coefficient (Wildman–Crippen LogP) is 4.61. The third-order valence-corrected chi connectivity index (χ3v) is 9.03. The van der Waals surface area contributed by atoms with Gasteiger partial charge in [0.25, 0.3) is 0 Å². The summed E-state index contributed by atoms with van der Waals surface area (Å²) in [6.45, 7) is 6.68. The van der Waals surface area contributed by atoms with Crippen LogP contribution >= 0.6 is 0 Å². The second-order valence-corrected chi connectivity index (χ2v) is 10.3. The van der Waals surface area contributed by atoms with Crippen LogP contribution in [0, 0.1) is 34.5 Å². The summed E-state index contributed by atoms with van der Waals surface area (Å²) in [4.78, 5) is 26.9. The maximum Gasteiger partial charge on any atom is 0.178 e. The van der Waals surface area contributed by atoms with Crippen LogP contribution in [0.3, 0.4) is 0 Å². The van der Waals surface area contributed by atoms with Gasteiger partial charge in [0.1, 0.15) is 5.78 Å². The van der Waals surface area contributed by atoms with Gasteiger partial charge < -0.3 is 4.90 Å². The molecule has 6 atom stereocenters. The Hall–Kier alpha value is -1.12. The minimum Gasteiger partial charge on any atom is -0.375 e. The molecule has 0 aliphatic heterocycles. The van der Waals surface area contributed by atoms with Crippen molar-refractivity contribution in [2.24, 2.45) is 34.5 Å². The van der Waals surface area contributed by atoms with Crippen molar-refractivity contribution < 1.29 is 9.59 Å². The number of fused-ring (bicyclic) bond motifs is 5. The second-order valence-electron chi connectivity index (χ2n) is 10.3. The molecule has 0 aromatic carbocycles. The first-order chi connectivity index (χ1) is 12.2. The molecule has 0 N–H and O–H groups in total. The van der Waals surface area contributed by atoms with Crippen LogP contribution in [0.2, 0.25) is 0 Å². The lowest BCUT2D eigenvalue weighted by Crippen LogP contribution is -2.52. The summed E-state index contributed by atoms with van der Waals surface area (Å²) in [5.74, 6) is 3.17. The van der Waals surface area contributed by atoms with E-state index in [0.29, 0.717) is 29.8 Å². The van der Waals surface area contributed by atoms with Gasteiger partial charge in [-0.25, -0.2) is 0 Å². The summed E-state index contributed by atoms with van der Waals surface area (Å²) in [7, 11) is 4.06. The Labute approximate surface area is 158 Å². The fourth-order valence-electron chi connectivity index (χ4n) is 7.87. The molecule has 4 aliphatic carbocycles. The fourth-order valence-corrected chi connectivity index (χ4v) is 7.87. The summed E-state index contributed by atoms with van der Waals surface area (Å²) in [6, 6.07) is 0. The molecule has 4 aliphatic rings. The summed E-state index contributed by atoms with van der Waals surface area (Å²) in [5, 5.41) is 0. The van der Waals surface area contributed by atoms with Crippen LogP contribution in [0.25, 0.3) is 0 Å². The van der Waals surface area contributed by atoms with E-state index < -0.39 is 0 Å². The normalized spacial score (nSPS) is 45.0. The number of allylic oxidation sites excluding steroid dienone is 1. The molecule has 3 saturated carbocycles. The zero-order valence-electron chi connectivity index (χ0n) is 17.2. The Morgan fingerprint density at radius 1 is 1.00 bits per heavy atom. The number of nitrogens with zero attached hydrogens (tertiary/aromatic N) is 1. The lowest BCUT2D eigenvalue weighted by atomic mass is 9.46. The first-order valence-corrected chi connectivity index (χ1v) is 10.6. The molecule has 3 heteroatoms. The van der Waals surface area contributed by atoms with Crippen molar-refractivity contribution in [3.63, 3.8) is 0 Å². The minimum absolute atomic E-state index is 0.187. The Morgan fingerprint density at radius 2 is 1.73 bits per heavy atom. The van der Waals surface area contributed by atoms with E-state index in [1.54, 1.807) is 0 Å². The van der Waals surface area contributed by atoms with Crippen LogP contribution in [0.15, 0.2) is 11.3 Å². The molecule has 0 aromatic rings. The Kier molecular flexibility index (Phi) is 4.17. The van der Waals surface area contributed by atoms with Gasteiger partial charge in [0.2, 0.25) is 0 Å². The van der Waals surface area contributed by atoms with Crippen molar-refractivity contribution in [2.75, 3.05) is 14.1 Å². The maximum absolute atomic E-state index is 12.6. The first kappa shape index (κ1) is 18.3. The molecule has 0 heterocycles. The van der Waals surface area contributed by atoms with Crippen LogP contribution in [-0.2, 0) is 9.59 Å². The van der Waals surface area contributed by atoms with Gasteiger partial charge in [0.15, 0.2) is 5.78 Å². The third-order valence-electron chi connectivity index (χ3n) is 9.03. The lowest BCUT2D eigenvalue weighted by molar-refractivity contribution is -0.129. The van der Waals surface area contributed by atoms with E-state index in [1.165, 1.54) is 31.3 Å². The SMILES string of the molecule is CC(=O)C1CCC2C3CCC4=C(N(C)C)C(=O)CCC4(C)C3CCC12C. The van der Waals surface area contributed by atoms with Crippen molar-refractivity contribution in [3.05, 3.63) is 11.3 Å². The van der Waals surface area contributed by atoms with Crippen molar-refractivity contribution >= 4 is 11.6 Å². The summed E-state index contributed by atoms with van der Waals surface area (Å²) in [5.41, 5.74) is 2.87. The monoisotopic (exact) mass is 357 g/mol. The highest BCUT2D eigenvalue weighted by Crippen LogP contribution is 2.67. The van der Waals surface area contributed by atoms with Crippen LogP contribution in [0.1, 0.15) is 72.1 Å². The summed E-state index contributed by atoms with van der Waals surface area (Å²) >= 11 is 0. The van der Waals surface area contributed by atoms with E-state index in [0.717, 1.165) is 30.9 Å². The molecule has 0 bridgehead atoms. The van der Waals surface area contributed by atoms with E-state index in [-0.39, 0.29) is 16.7 Å². The Morgan fingerprint density at radius 3 is 2.38 bits per heavy atom. The summed E-state index contributed by atoms with van der Waals surface area (Å²) in [6.07, 6.45) is 8.78. The molecule has 6 unspecified atom stereocenters. The highest BCUT2D eigenvalue weighted by atomic mass is 16.1. The van der Waals surface area contributed by atoms with Crippen LogP contribution < -0.4 is 0 Å². The second kappa shape index (κ2) is 5.94. The van der Waals surface area contributed by atoms with Crippen molar-refractivity contribution in [1.29, 1.82) is 0 Å². The quantitative estimate of drug-likeness (QED) is 0.724. The molecule has 0 radical (unpaired) electrons. The maximum atomic E-state index is 12.6. The first-order valence-electron chi connectivity index (χ1n) is 10.6. The predicted molar refractivity (Wildman–Crippen MR) is 104 cm³/mol. The highest BCUT2D eigenvalue weighted by molar-refractivity contribution is 5.96. The number of ketones is 2. The van der Waals surface area contributed by atoms with Gasteiger partial charge in [-0.3, -0.25) is 9.59 Å². The number of rotatable bonds is 2. The lowest BCUT2D eigenvalue weighted by Gasteiger charge is -2.58. The van der Waals surface area contributed by atoms with Crippen molar-refractivity contribution in [1.82, 2.24) is 4.90 Å². The molecule has 0 amide bonds. The molecule has 0 saturated heterocycles. The largest absolute Gasteiger partial charge is 0.375 e. The van der Waals surface area contributed by atoms with Gasteiger partial charge in [-0.1, -0.05) is 13.8 Å². The van der Waals surface area contributed by atoms with Gasteiger partial charge in [-0.05, 0) is 86.0 Å².